The summed E-state index contributed by atoms with van der Waals surface area (Å²) < 4.78 is 0. The fraction of sp³-hybridized carbons (Fsp3) is 0.250. The Morgan fingerprint density at radius 1 is 1.15 bits per heavy atom. The molecule has 5 nitrogen and oxygen atoms in total. The molecule has 5 heteroatoms. The van der Waals surface area contributed by atoms with Crippen molar-refractivity contribution in [3.05, 3.63) is 17.7 Å². The fourth-order valence-corrected chi connectivity index (χ4v) is 1.04. The molecule has 0 bridgehead atoms. The number of phenolic OH excluding ortho intramolecular Hbond substituents is 3. The summed E-state index contributed by atoms with van der Waals surface area (Å²) in [4.78, 5) is 4.30. The van der Waals surface area contributed by atoms with E-state index in [2.05, 4.69) is 4.84 Å². The van der Waals surface area contributed by atoms with Crippen molar-refractivity contribution < 1.29 is 20.2 Å². The largest absolute Gasteiger partial charge is 0.508 e. The Balaban J connectivity index is 2.92. The van der Waals surface area contributed by atoms with Crippen LogP contribution in [0.2, 0.25) is 0 Å². The highest BCUT2D eigenvalue weighted by Crippen LogP contribution is 2.31. The lowest BCUT2D eigenvalue weighted by Gasteiger charge is -2.06. The molecular weight excluding hydrogens is 174 g/mol. The van der Waals surface area contributed by atoms with Crippen molar-refractivity contribution in [2.45, 2.75) is 6.42 Å². The Bertz CT molecular complexity index is 277. The minimum atomic E-state index is -0.188. The molecule has 0 aliphatic rings. The van der Waals surface area contributed by atoms with Gasteiger partial charge in [-0.2, -0.15) is 0 Å². The molecule has 1 rings (SSSR count). The average Bonchev–Trinajstić information content (AvgIpc) is 2.02. The maximum Gasteiger partial charge on any atom is 0.126 e. The zero-order valence-corrected chi connectivity index (χ0v) is 6.90. The first-order valence-corrected chi connectivity index (χ1v) is 3.70. The first-order chi connectivity index (χ1) is 6.15. The van der Waals surface area contributed by atoms with E-state index in [9.17, 15) is 10.2 Å². The van der Waals surface area contributed by atoms with Crippen LogP contribution in [0.25, 0.3) is 0 Å². The van der Waals surface area contributed by atoms with Gasteiger partial charge in [-0.3, -0.25) is 0 Å². The quantitative estimate of drug-likeness (QED) is 0.506. The van der Waals surface area contributed by atoms with E-state index in [4.69, 9.17) is 11.0 Å². The van der Waals surface area contributed by atoms with Crippen LogP contribution in [0.4, 0.5) is 0 Å². The SMILES string of the molecule is NOCCc1c(O)cc(O)cc1O. The lowest BCUT2D eigenvalue weighted by molar-refractivity contribution is 0.140. The van der Waals surface area contributed by atoms with Crippen LogP contribution < -0.4 is 5.90 Å². The predicted molar refractivity (Wildman–Crippen MR) is 45.3 cm³/mol. The van der Waals surface area contributed by atoms with E-state index < -0.39 is 0 Å². The first kappa shape index (κ1) is 9.63. The first-order valence-electron chi connectivity index (χ1n) is 3.70. The monoisotopic (exact) mass is 185 g/mol. The van der Waals surface area contributed by atoms with E-state index in [-0.39, 0.29) is 30.3 Å². The molecule has 0 atom stereocenters. The summed E-state index contributed by atoms with van der Waals surface area (Å²) in [6.45, 7) is 0.186. The molecule has 1 aromatic carbocycles. The molecule has 0 heterocycles. The summed E-state index contributed by atoms with van der Waals surface area (Å²) in [6.07, 6.45) is 0.286. The highest BCUT2D eigenvalue weighted by Gasteiger charge is 2.08. The molecular formula is C8H11NO4. The van der Waals surface area contributed by atoms with Crippen molar-refractivity contribution in [2.75, 3.05) is 6.61 Å². The Kier molecular flexibility index (Phi) is 2.94. The smallest absolute Gasteiger partial charge is 0.126 e. The standard InChI is InChI=1S/C8H11NO4/c9-13-2-1-6-7(11)3-5(10)4-8(6)12/h3-4,10-12H,1-2,9H2. The maximum atomic E-state index is 9.28. The highest BCUT2D eigenvalue weighted by molar-refractivity contribution is 5.48. The van der Waals surface area contributed by atoms with Crippen LogP contribution in [-0.4, -0.2) is 21.9 Å². The summed E-state index contributed by atoms with van der Waals surface area (Å²) in [7, 11) is 0. The molecule has 0 unspecified atom stereocenters. The van der Waals surface area contributed by atoms with Crippen molar-refractivity contribution in [2.24, 2.45) is 5.90 Å². The normalized spacial score (nSPS) is 10.2. The Morgan fingerprint density at radius 3 is 2.15 bits per heavy atom. The predicted octanol–water partition coefficient (Wildman–Crippen LogP) is 0.236. The second kappa shape index (κ2) is 3.97. The Hall–Kier alpha value is -1.46. The third-order valence-electron chi connectivity index (χ3n) is 1.66. The van der Waals surface area contributed by atoms with Gasteiger partial charge >= 0.3 is 0 Å². The number of nitrogens with two attached hydrogens (primary N) is 1. The molecule has 1 aromatic rings. The molecule has 0 radical (unpaired) electrons. The van der Waals surface area contributed by atoms with Gasteiger partial charge in [0.1, 0.15) is 17.2 Å². The van der Waals surface area contributed by atoms with Crippen LogP contribution in [0.5, 0.6) is 17.2 Å². The van der Waals surface area contributed by atoms with Crippen LogP contribution in [0.1, 0.15) is 5.56 Å². The number of hydrogen-bond donors (Lipinski definition) is 4. The lowest BCUT2D eigenvalue weighted by Crippen LogP contribution is -2.03. The van der Waals surface area contributed by atoms with Crippen LogP contribution >= 0.6 is 0 Å². The minimum Gasteiger partial charge on any atom is -0.508 e. The van der Waals surface area contributed by atoms with Crippen molar-refractivity contribution >= 4 is 0 Å². The van der Waals surface area contributed by atoms with Crippen LogP contribution in [0, 0.1) is 0 Å². The maximum absolute atomic E-state index is 9.28. The summed E-state index contributed by atoms with van der Waals surface area (Å²) >= 11 is 0. The van der Waals surface area contributed by atoms with Crippen molar-refractivity contribution in [3.63, 3.8) is 0 Å². The molecule has 72 valence electrons. The van der Waals surface area contributed by atoms with Crippen LogP contribution in [0.15, 0.2) is 12.1 Å². The van der Waals surface area contributed by atoms with Gasteiger partial charge in [0.2, 0.25) is 0 Å². The third-order valence-corrected chi connectivity index (χ3v) is 1.66. The van der Waals surface area contributed by atoms with E-state index in [0.29, 0.717) is 5.56 Å². The molecule has 0 aromatic heterocycles. The minimum absolute atomic E-state index is 0.172. The molecule has 0 aliphatic carbocycles. The lowest BCUT2D eigenvalue weighted by atomic mass is 10.1. The Morgan fingerprint density at radius 2 is 1.69 bits per heavy atom. The van der Waals surface area contributed by atoms with E-state index >= 15 is 0 Å². The number of benzene rings is 1. The number of aromatic hydroxyl groups is 3. The average molecular weight is 185 g/mol. The molecule has 0 saturated heterocycles. The van der Waals surface area contributed by atoms with Crippen molar-refractivity contribution in [3.8, 4) is 17.2 Å². The third kappa shape index (κ3) is 2.24. The molecule has 0 spiro atoms. The molecule has 0 aliphatic heterocycles. The van der Waals surface area contributed by atoms with Gasteiger partial charge in [-0.05, 0) is 0 Å². The number of phenols is 3. The zero-order valence-electron chi connectivity index (χ0n) is 6.90. The van der Waals surface area contributed by atoms with Gasteiger partial charge in [-0.25, -0.2) is 5.90 Å². The summed E-state index contributed by atoms with van der Waals surface area (Å²) in [5, 5.41) is 27.5. The summed E-state index contributed by atoms with van der Waals surface area (Å²) in [5.74, 6) is 4.26. The molecule has 13 heavy (non-hydrogen) atoms. The van der Waals surface area contributed by atoms with Crippen LogP contribution in [0.3, 0.4) is 0 Å². The molecule has 0 amide bonds. The van der Waals surface area contributed by atoms with E-state index in [1.54, 1.807) is 0 Å². The van der Waals surface area contributed by atoms with E-state index in [0.717, 1.165) is 12.1 Å². The van der Waals surface area contributed by atoms with Gasteiger partial charge in [-0.1, -0.05) is 0 Å². The molecule has 0 saturated carbocycles. The van der Waals surface area contributed by atoms with E-state index in [1.807, 2.05) is 0 Å². The van der Waals surface area contributed by atoms with Crippen molar-refractivity contribution in [1.82, 2.24) is 0 Å². The van der Waals surface area contributed by atoms with Gasteiger partial charge in [0.25, 0.3) is 0 Å². The van der Waals surface area contributed by atoms with Gasteiger partial charge in [0.15, 0.2) is 0 Å². The van der Waals surface area contributed by atoms with Crippen LogP contribution in [-0.2, 0) is 11.3 Å². The zero-order chi connectivity index (χ0) is 9.84. The summed E-state index contributed by atoms with van der Waals surface area (Å²) in [6, 6.07) is 2.29. The second-order valence-corrected chi connectivity index (χ2v) is 2.58. The summed E-state index contributed by atoms with van der Waals surface area (Å²) in [5.41, 5.74) is 0.309. The van der Waals surface area contributed by atoms with Gasteiger partial charge in [0.05, 0.1) is 6.61 Å². The van der Waals surface area contributed by atoms with Gasteiger partial charge < -0.3 is 20.2 Å². The van der Waals surface area contributed by atoms with Gasteiger partial charge in [-0.15, -0.1) is 0 Å². The molecule has 0 fully saturated rings. The Labute approximate surface area is 75.0 Å². The molecule has 5 N–H and O–H groups in total. The van der Waals surface area contributed by atoms with E-state index in [1.165, 1.54) is 0 Å². The topological polar surface area (TPSA) is 95.9 Å². The fourth-order valence-electron chi connectivity index (χ4n) is 1.04. The second-order valence-electron chi connectivity index (χ2n) is 2.58. The van der Waals surface area contributed by atoms with Crippen molar-refractivity contribution in [1.29, 1.82) is 0 Å². The van der Waals surface area contributed by atoms with Gasteiger partial charge in [0, 0.05) is 24.1 Å². The highest BCUT2D eigenvalue weighted by atomic mass is 16.6. The number of hydrogen-bond acceptors (Lipinski definition) is 5. The number of rotatable bonds is 3.